The Labute approximate surface area is 111 Å². The molecule has 19 heavy (non-hydrogen) atoms. The molecule has 6 nitrogen and oxygen atoms in total. The standard InChI is InChI=1S/C12H14N4O2S/c1-9(11-8-13-5-6-14-11)16-10-3-4-12(15-7-10)19(2,17)18/h3-9,16H,1-2H3. The molecule has 2 rings (SSSR count). The van der Waals surface area contributed by atoms with Crippen LogP contribution in [-0.4, -0.2) is 29.6 Å². The zero-order chi connectivity index (χ0) is 13.9. The van der Waals surface area contributed by atoms with Crippen molar-refractivity contribution in [2.75, 3.05) is 11.6 Å². The number of aromatic nitrogens is 3. The molecule has 0 aliphatic carbocycles. The van der Waals surface area contributed by atoms with Crippen molar-refractivity contribution >= 4 is 15.5 Å². The third-order valence-corrected chi connectivity index (χ3v) is 3.53. The molecule has 0 spiro atoms. The van der Waals surface area contributed by atoms with E-state index < -0.39 is 9.84 Å². The summed E-state index contributed by atoms with van der Waals surface area (Å²) in [5, 5.41) is 3.24. The van der Waals surface area contributed by atoms with Gasteiger partial charge >= 0.3 is 0 Å². The van der Waals surface area contributed by atoms with Gasteiger partial charge in [0.1, 0.15) is 0 Å². The Morgan fingerprint density at radius 1 is 1.16 bits per heavy atom. The molecule has 1 N–H and O–H groups in total. The maximum Gasteiger partial charge on any atom is 0.192 e. The van der Waals surface area contributed by atoms with Gasteiger partial charge in [-0.3, -0.25) is 9.97 Å². The van der Waals surface area contributed by atoms with Crippen molar-refractivity contribution < 1.29 is 8.42 Å². The van der Waals surface area contributed by atoms with Crippen LogP contribution in [0, 0.1) is 0 Å². The lowest BCUT2D eigenvalue weighted by Crippen LogP contribution is -2.09. The summed E-state index contributed by atoms with van der Waals surface area (Å²) in [6.45, 7) is 1.94. The fourth-order valence-electron chi connectivity index (χ4n) is 1.54. The van der Waals surface area contributed by atoms with Crippen LogP contribution in [0.1, 0.15) is 18.7 Å². The molecule has 0 aromatic carbocycles. The van der Waals surface area contributed by atoms with Crippen LogP contribution in [0.2, 0.25) is 0 Å². The summed E-state index contributed by atoms with van der Waals surface area (Å²) in [4.78, 5) is 12.1. The van der Waals surface area contributed by atoms with Crippen molar-refractivity contribution in [2.24, 2.45) is 0 Å². The summed E-state index contributed by atoms with van der Waals surface area (Å²) in [6.07, 6.45) is 7.53. The van der Waals surface area contributed by atoms with Crippen LogP contribution >= 0.6 is 0 Å². The molecule has 2 aromatic heterocycles. The topological polar surface area (TPSA) is 84.8 Å². The molecule has 0 radical (unpaired) electrons. The maximum atomic E-state index is 11.3. The molecule has 0 aliphatic rings. The van der Waals surface area contributed by atoms with Crippen LogP contribution in [-0.2, 0) is 9.84 Å². The highest BCUT2D eigenvalue weighted by Gasteiger charge is 2.10. The molecular formula is C12H14N4O2S. The summed E-state index contributed by atoms with van der Waals surface area (Å²) in [5.74, 6) is 0. The molecule has 0 aliphatic heterocycles. The average molecular weight is 278 g/mol. The Kier molecular flexibility index (Phi) is 3.75. The van der Waals surface area contributed by atoms with Gasteiger partial charge < -0.3 is 5.32 Å². The Bertz CT molecular complexity index is 641. The minimum atomic E-state index is -3.26. The van der Waals surface area contributed by atoms with Crippen molar-refractivity contribution in [2.45, 2.75) is 18.0 Å². The number of pyridine rings is 1. The predicted molar refractivity (Wildman–Crippen MR) is 71.4 cm³/mol. The second kappa shape index (κ2) is 5.31. The van der Waals surface area contributed by atoms with Crippen LogP contribution in [0.4, 0.5) is 5.69 Å². The van der Waals surface area contributed by atoms with Crippen molar-refractivity contribution in [1.29, 1.82) is 0 Å². The van der Waals surface area contributed by atoms with E-state index in [2.05, 4.69) is 20.3 Å². The van der Waals surface area contributed by atoms with Gasteiger partial charge in [0.25, 0.3) is 0 Å². The summed E-state index contributed by atoms with van der Waals surface area (Å²) in [7, 11) is -3.26. The van der Waals surface area contributed by atoms with Crippen molar-refractivity contribution in [3.8, 4) is 0 Å². The van der Waals surface area contributed by atoms with Gasteiger partial charge in [0, 0.05) is 18.6 Å². The Hall–Kier alpha value is -2.02. The highest BCUT2D eigenvalue weighted by Crippen LogP contribution is 2.17. The number of anilines is 1. The number of rotatable bonds is 4. The second-order valence-electron chi connectivity index (χ2n) is 4.15. The fourth-order valence-corrected chi connectivity index (χ4v) is 2.10. The first-order chi connectivity index (χ1) is 8.97. The Morgan fingerprint density at radius 3 is 2.47 bits per heavy atom. The summed E-state index contributed by atoms with van der Waals surface area (Å²) in [6, 6.07) is 3.11. The van der Waals surface area contributed by atoms with E-state index in [-0.39, 0.29) is 11.1 Å². The largest absolute Gasteiger partial charge is 0.376 e. The van der Waals surface area contributed by atoms with Gasteiger partial charge in [0.2, 0.25) is 0 Å². The van der Waals surface area contributed by atoms with Crippen LogP contribution in [0.25, 0.3) is 0 Å². The Morgan fingerprint density at radius 2 is 1.95 bits per heavy atom. The smallest absolute Gasteiger partial charge is 0.192 e. The van der Waals surface area contributed by atoms with E-state index in [4.69, 9.17) is 0 Å². The quantitative estimate of drug-likeness (QED) is 0.911. The van der Waals surface area contributed by atoms with Crippen LogP contribution in [0.15, 0.2) is 41.9 Å². The third-order valence-electron chi connectivity index (χ3n) is 2.53. The second-order valence-corrected chi connectivity index (χ2v) is 6.12. The SMILES string of the molecule is CC(Nc1ccc(S(C)(=O)=O)nc1)c1cnccn1. The molecule has 100 valence electrons. The predicted octanol–water partition coefficient (Wildman–Crippen LogP) is 1.45. The van der Waals surface area contributed by atoms with Crippen LogP contribution < -0.4 is 5.32 Å². The average Bonchev–Trinajstić information content (AvgIpc) is 2.39. The lowest BCUT2D eigenvalue weighted by atomic mass is 10.2. The van der Waals surface area contributed by atoms with Gasteiger partial charge in [-0.15, -0.1) is 0 Å². The minimum absolute atomic E-state index is 0.0421. The van der Waals surface area contributed by atoms with Gasteiger partial charge in [0.05, 0.1) is 29.8 Å². The Balaban J connectivity index is 2.12. The van der Waals surface area contributed by atoms with Gasteiger partial charge in [0.15, 0.2) is 14.9 Å². The van der Waals surface area contributed by atoms with E-state index in [9.17, 15) is 8.42 Å². The first-order valence-electron chi connectivity index (χ1n) is 5.65. The monoisotopic (exact) mass is 278 g/mol. The first kappa shape index (κ1) is 13.4. The third kappa shape index (κ3) is 3.47. The normalized spacial score (nSPS) is 12.9. The molecule has 1 unspecified atom stereocenters. The molecule has 2 heterocycles. The zero-order valence-corrected chi connectivity index (χ0v) is 11.4. The van der Waals surface area contributed by atoms with Crippen molar-refractivity contribution in [3.05, 3.63) is 42.6 Å². The van der Waals surface area contributed by atoms with Crippen LogP contribution in [0.3, 0.4) is 0 Å². The highest BCUT2D eigenvalue weighted by atomic mass is 32.2. The first-order valence-corrected chi connectivity index (χ1v) is 7.54. The molecule has 0 amide bonds. The summed E-state index contributed by atoms with van der Waals surface area (Å²) >= 11 is 0. The molecule has 2 aromatic rings. The number of hydrogen-bond donors (Lipinski definition) is 1. The molecule has 0 bridgehead atoms. The van der Waals surface area contributed by atoms with E-state index in [1.54, 1.807) is 24.7 Å². The highest BCUT2D eigenvalue weighted by molar-refractivity contribution is 7.90. The molecule has 7 heteroatoms. The van der Waals surface area contributed by atoms with E-state index in [1.165, 1.54) is 12.3 Å². The number of nitrogens with one attached hydrogen (secondary N) is 1. The van der Waals surface area contributed by atoms with E-state index in [0.717, 1.165) is 17.6 Å². The number of sulfone groups is 1. The number of nitrogens with zero attached hydrogens (tertiary/aromatic N) is 3. The van der Waals surface area contributed by atoms with Crippen LogP contribution in [0.5, 0.6) is 0 Å². The minimum Gasteiger partial charge on any atom is -0.376 e. The molecule has 0 saturated carbocycles. The van der Waals surface area contributed by atoms with E-state index in [1.807, 2.05) is 6.92 Å². The lowest BCUT2D eigenvalue weighted by molar-refractivity contribution is 0.598. The van der Waals surface area contributed by atoms with Gasteiger partial charge in [-0.05, 0) is 19.1 Å². The van der Waals surface area contributed by atoms with E-state index >= 15 is 0 Å². The number of hydrogen-bond acceptors (Lipinski definition) is 6. The summed E-state index contributed by atoms with van der Waals surface area (Å²) < 4.78 is 22.6. The molecule has 0 fully saturated rings. The van der Waals surface area contributed by atoms with Gasteiger partial charge in [-0.2, -0.15) is 0 Å². The zero-order valence-electron chi connectivity index (χ0n) is 10.6. The van der Waals surface area contributed by atoms with E-state index in [0.29, 0.717) is 0 Å². The van der Waals surface area contributed by atoms with Crippen molar-refractivity contribution in [1.82, 2.24) is 15.0 Å². The summed E-state index contributed by atoms with van der Waals surface area (Å²) in [5.41, 5.74) is 1.53. The maximum absolute atomic E-state index is 11.3. The molecular weight excluding hydrogens is 264 g/mol. The molecule has 1 atom stereocenters. The van der Waals surface area contributed by atoms with Gasteiger partial charge in [-0.1, -0.05) is 0 Å². The lowest BCUT2D eigenvalue weighted by Gasteiger charge is -2.13. The fraction of sp³-hybridized carbons (Fsp3) is 0.250. The van der Waals surface area contributed by atoms with Gasteiger partial charge in [-0.25, -0.2) is 13.4 Å². The van der Waals surface area contributed by atoms with Crippen molar-refractivity contribution in [3.63, 3.8) is 0 Å². The molecule has 0 saturated heterocycles.